The first-order chi connectivity index (χ1) is 12.0. The Kier molecular flexibility index (Phi) is 4.55. The maximum absolute atomic E-state index is 12.6. The van der Waals surface area contributed by atoms with Crippen LogP contribution >= 0.6 is 22.9 Å². The molecule has 3 aromatic rings. The summed E-state index contributed by atoms with van der Waals surface area (Å²) in [5.41, 5.74) is 1.61. The Morgan fingerprint density at radius 2 is 1.88 bits per heavy atom. The monoisotopic (exact) mass is 397 g/mol. The summed E-state index contributed by atoms with van der Waals surface area (Å²) in [6.07, 6.45) is 0. The van der Waals surface area contributed by atoms with Crippen LogP contribution in [0, 0.1) is 0 Å². The molecule has 0 amide bonds. The van der Waals surface area contributed by atoms with E-state index in [0.717, 1.165) is 22.4 Å². The van der Waals surface area contributed by atoms with Gasteiger partial charge >= 0.3 is 0 Å². The minimum atomic E-state index is -3.46. The normalized spacial score (nSPS) is 17.3. The maximum atomic E-state index is 12.6. The van der Waals surface area contributed by atoms with Gasteiger partial charge in [-0.1, -0.05) is 23.7 Å². The molecule has 0 aliphatic carbocycles. The van der Waals surface area contributed by atoms with Crippen molar-refractivity contribution in [1.82, 2.24) is 14.2 Å². The summed E-state index contributed by atoms with van der Waals surface area (Å²) < 4.78 is 33.2. The molecule has 0 bridgehead atoms. The Hall–Kier alpha value is -1.45. The summed E-state index contributed by atoms with van der Waals surface area (Å²) in [7, 11) is -3.46. The molecule has 132 valence electrons. The number of oxazole rings is 1. The van der Waals surface area contributed by atoms with Gasteiger partial charge in [0.15, 0.2) is 5.58 Å². The number of thiophene rings is 1. The molecule has 0 N–H and O–H groups in total. The Morgan fingerprint density at radius 1 is 1.12 bits per heavy atom. The summed E-state index contributed by atoms with van der Waals surface area (Å²) in [4.78, 5) is 6.62. The number of aromatic nitrogens is 1. The molecule has 1 aliphatic rings. The van der Waals surface area contributed by atoms with Crippen molar-refractivity contribution in [2.75, 3.05) is 26.2 Å². The fourth-order valence-corrected chi connectivity index (χ4v) is 5.93. The van der Waals surface area contributed by atoms with E-state index in [0.29, 0.717) is 47.2 Å². The molecule has 1 aliphatic heterocycles. The third kappa shape index (κ3) is 3.45. The first-order valence-corrected chi connectivity index (χ1v) is 10.5. The Morgan fingerprint density at radius 3 is 2.56 bits per heavy atom. The molecule has 0 atom stereocenters. The molecule has 9 heteroatoms. The van der Waals surface area contributed by atoms with Crippen molar-refractivity contribution in [3.63, 3.8) is 0 Å². The Balaban J connectivity index is 1.41. The lowest BCUT2D eigenvalue weighted by Crippen LogP contribution is -2.48. The Labute approximate surface area is 154 Å². The molecule has 25 heavy (non-hydrogen) atoms. The van der Waals surface area contributed by atoms with E-state index < -0.39 is 10.0 Å². The highest BCUT2D eigenvalue weighted by Gasteiger charge is 2.30. The molecule has 2 aromatic heterocycles. The van der Waals surface area contributed by atoms with Gasteiger partial charge in [-0.05, 0) is 24.3 Å². The van der Waals surface area contributed by atoms with Gasteiger partial charge in [0.1, 0.15) is 9.73 Å². The summed E-state index contributed by atoms with van der Waals surface area (Å²) in [6.45, 7) is 2.73. The topological polar surface area (TPSA) is 66.7 Å². The lowest BCUT2D eigenvalue weighted by Gasteiger charge is -2.32. The van der Waals surface area contributed by atoms with Gasteiger partial charge in [-0.25, -0.2) is 13.4 Å². The molecule has 6 nitrogen and oxygen atoms in total. The average Bonchev–Trinajstić information content (AvgIpc) is 3.21. The zero-order valence-corrected chi connectivity index (χ0v) is 15.6. The van der Waals surface area contributed by atoms with Gasteiger partial charge in [-0.3, -0.25) is 4.90 Å². The van der Waals surface area contributed by atoms with Crippen LogP contribution in [0.2, 0.25) is 4.34 Å². The highest BCUT2D eigenvalue weighted by Crippen LogP contribution is 2.28. The highest BCUT2D eigenvalue weighted by atomic mass is 35.5. The number of hydrogen-bond acceptors (Lipinski definition) is 6. The number of nitrogens with zero attached hydrogens (tertiary/aromatic N) is 3. The first-order valence-electron chi connectivity index (χ1n) is 7.85. The van der Waals surface area contributed by atoms with Crippen LogP contribution < -0.4 is 0 Å². The van der Waals surface area contributed by atoms with E-state index in [1.807, 2.05) is 24.3 Å². The molecule has 0 saturated carbocycles. The van der Waals surface area contributed by atoms with Crippen LogP contribution in [0.4, 0.5) is 0 Å². The molecular weight excluding hydrogens is 382 g/mol. The third-order valence-electron chi connectivity index (χ3n) is 4.17. The van der Waals surface area contributed by atoms with Crippen molar-refractivity contribution in [2.45, 2.75) is 10.8 Å². The highest BCUT2D eigenvalue weighted by molar-refractivity contribution is 7.91. The number of sulfonamides is 1. The Bertz CT molecular complexity index is 958. The predicted octanol–water partition coefficient (Wildman–Crippen LogP) is 3.05. The molecular formula is C16H16ClN3O3S2. The number of para-hydroxylation sites is 2. The minimum absolute atomic E-state index is 0.296. The second-order valence-electron chi connectivity index (χ2n) is 5.81. The van der Waals surface area contributed by atoms with Crippen LogP contribution in [0.15, 0.2) is 45.0 Å². The van der Waals surface area contributed by atoms with E-state index in [2.05, 4.69) is 9.88 Å². The molecule has 1 saturated heterocycles. The number of benzene rings is 1. The van der Waals surface area contributed by atoms with Gasteiger partial charge in [0, 0.05) is 26.2 Å². The summed E-state index contributed by atoms with van der Waals surface area (Å²) >= 11 is 6.95. The van der Waals surface area contributed by atoms with Crippen LogP contribution in [0.5, 0.6) is 0 Å². The molecule has 0 radical (unpaired) electrons. The number of fused-ring (bicyclic) bond motifs is 1. The summed E-state index contributed by atoms with van der Waals surface area (Å²) in [6, 6.07) is 10.8. The van der Waals surface area contributed by atoms with Crippen LogP contribution in [-0.4, -0.2) is 48.8 Å². The zero-order valence-electron chi connectivity index (χ0n) is 13.3. The molecule has 3 heterocycles. The number of halogens is 1. The molecule has 1 aromatic carbocycles. The lowest BCUT2D eigenvalue weighted by molar-refractivity contribution is 0.169. The van der Waals surface area contributed by atoms with E-state index in [4.69, 9.17) is 16.0 Å². The van der Waals surface area contributed by atoms with Crippen molar-refractivity contribution in [3.05, 3.63) is 46.6 Å². The van der Waals surface area contributed by atoms with Crippen LogP contribution in [-0.2, 0) is 16.6 Å². The largest absolute Gasteiger partial charge is 0.439 e. The van der Waals surface area contributed by atoms with Crippen molar-refractivity contribution in [2.24, 2.45) is 0 Å². The van der Waals surface area contributed by atoms with E-state index in [1.54, 1.807) is 12.1 Å². The summed E-state index contributed by atoms with van der Waals surface area (Å²) in [5, 5.41) is 0. The van der Waals surface area contributed by atoms with Crippen LogP contribution in [0.1, 0.15) is 5.89 Å². The van der Waals surface area contributed by atoms with Crippen molar-refractivity contribution in [3.8, 4) is 0 Å². The standard InChI is InChI=1S/C16H16ClN3O3S2/c17-14-5-6-16(24-14)25(21,22)20-9-7-19(8-10-20)11-15-18-12-3-1-2-4-13(12)23-15/h1-6H,7-11H2. The van der Waals surface area contributed by atoms with Gasteiger partial charge in [0.25, 0.3) is 10.0 Å². The first kappa shape index (κ1) is 17.0. The van der Waals surface area contributed by atoms with Gasteiger partial charge in [0.05, 0.1) is 10.9 Å². The second-order valence-corrected chi connectivity index (χ2v) is 9.69. The zero-order chi connectivity index (χ0) is 17.4. The molecule has 0 unspecified atom stereocenters. The van der Waals surface area contributed by atoms with Gasteiger partial charge in [0.2, 0.25) is 5.89 Å². The summed E-state index contributed by atoms with van der Waals surface area (Å²) in [5.74, 6) is 0.655. The average molecular weight is 398 g/mol. The quantitative estimate of drug-likeness (QED) is 0.676. The molecule has 1 fully saturated rings. The second kappa shape index (κ2) is 6.69. The third-order valence-corrected chi connectivity index (χ3v) is 7.77. The smallest absolute Gasteiger partial charge is 0.252 e. The number of hydrogen-bond donors (Lipinski definition) is 0. The fraction of sp³-hybridized carbons (Fsp3) is 0.312. The van der Waals surface area contributed by atoms with E-state index >= 15 is 0 Å². The van der Waals surface area contributed by atoms with Crippen LogP contribution in [0.3, 0.4) is 0 Å². The predicted molar refractivity (Wildman–Crippen MR) is 97.4 cm³/mol. The van der Waals surface area contributed by atoms with Crippen molar-refractivity contribution in [1.29, 1.82) is 0 Å². The van der Waals surface area contributed by atoms with Crippen LogP contribution in [0.25, 0.3) is 11.1 Å². The fourth-order valence-electron chi connectivity index (χ4n) is 2.87. The number of rotatable bonds is 4. The molecule has 4 rings (SSSR count). The van der Waals surface area contributed by atoms with Crippen molar-refractivity contribution < 1.29 is 12.8 Å². The van der Waals surface area contributed by atoms with E-state index in [1.165, 1.54) is 4.31 Å². The van der Waals surface area contributed by atoms with Gasteiger partial charge in [-0.15, -0.1) is 11.3 Å². The molecule has 0 spiro atoms. The van der Waals surface area contributed by atoms with Gasteiger partial charge in [-0.2, -0.15) is 4.31 Å². The van der Waals surface area contributed by atoms with E-state index in [9.17, 15) is 8.42 Å². The lowest BCUT2D eigenvalue weighted by atomic mass is 10.3. The van der Waals surface area contributed by atoms with Crippen molar-refractivity contribution >= 4 is 44.1 Å². The van der Waals surface area contributed by atoms with Gasteiger partial charge < -0.3 is 4.42 Å². The number of piperazine rings is 1. The maximum Gasteiger partial charge on any atom is 0.252 e. The van der Waals surface area contributed by atoms with E-state index in [-0.39, 0.29) is 0 Å². The SMILES string of the molecule is O=S(=O)(c1ccc(Cl)s1)N1CCN(Cc2nc3ccccc3o2)CC1. The minimum Gasteiger partial charge on any atom is -0.439 e.